The van der Waals surface area contributed by atoms with Gasteiger partial charge in [0.2, 0.25) is 0 Å². The summed E-state index contributed by atoms with van der Waals surface area (Å²) in [6, 6.07) is 0. The Labute approximate surface area is 246 Å². The van der Waals surface area contributed by atoms with Gasteiger partial charge in [0.1, 0.15) is 11.2 Å². The third-order valence-corrected chi connectivity index (χ3v) is 12.4. The fourth-order valence-electron chi connectivity index (χ4n) is 8.72. The lowest BCUT2D eigenvalue weighted by Crippen LogP contribution is -2.48. The second-order valence-electron chi connectivity index (χ2n) is 15.8. The van der Waals surface area contributed by atoms with E-state index in [1.54, 1.807) is 0 Å². The number of carbonyl (C=O) groups excluding carboxylic acids is 2. The Bertz CT molecular complexity index is 839. The smallest absolute Gasteiger partial charge is 0.312 e. The van der Waals surface area contributed by atoms with Crippen molar-refractivity contribution in [1.82, 2.24) is 0 Å². The predicted molar refractivity (Wildman–Crippen MR) is 163 cm³/mol. The van der Waals surface area contributed by atoms with Crippen LogP contribution in [0.15, 0.2) is 0 Å². The summed E-state index contributed by atoms with van der Waals surface area (Å²) < 4.78 is 12.5. The molecular formula is C36H62O4. The topological polar surface area (TPSA) is 52.6 Å². The molecule has 0 saturated heterocycles. The van der Waals surface area contributed by atoms with E-state index in [1.807, 2.05) is 27.7 Å². The first-order valence-corrected chi connectivity index (χ1v) is 17.4. The summed E-state index contributed by atoms with van der Waals surface area (Å²) in [6.45, 7) is 12.3. The minimum Gasteiger partial charge on any atom is -0.458 e. The number of carbonyl (C=O) groups is 2. The maximum Gasteiger partial charge on any atom is 0.312 e. The summed E-state index contributed by atoms with van der Waals surface area (Å²) in [6.07, 6.45) is 24.4. The molecule has 4 nitrogen and oxygen atoms in total. The van der Waals surface area contributed by atoms with Gasteiger partial charge in [-0.15, -0.1) is 0 Å². The summed E-state index contributed by atoms with van der Waals surface area (Å²) >= 11 is 0. The lowest BCUT2D eigenvalue weighted by atomic mass is 9.69. The van der Waals surface area contributed by atoms with E-state index in [-0.39, 0.29) is 34.0 Å². The van der Waals surface area contributed by atoms with Crippen LogP contribution >= 0.6 is 0 Å². The second kappa shape index (κ2) is 13.1. The first kappa shape index (κ1) is 31.9. The van der Waals surface area contributed by atoms with Crippen molar-refractivity contribution >= 4 is 11.9 Å². The monoisotopic (exact) mass is 558 g/mol. The molecule has 5 saturated carbocycles. The minimum absolute atomic E-state index is 0.0313. The molecule has 0 radical (unpaired) electrons. The molecule has 0 aromatic heterocycles. The van der Waals surface area contributed by atoms with Crippen LogP contribution in [0.25, 0.3) is 0 Å². The molecule has 5 aliphatic carbocycles. The van der Waals surface area contributed by atoms with Crippen molar-refractivity contribution < 1.29 is 19.1 Å². The summed E-state index contributed by atoms with van der Waals surface area (Å²) in [5.74, 6) is 3.14. The highest BCUT2D eigenvalue weighted by Crippen LogP contribution is 2.56. The molecule has 230 valence electrons. The molecule has 0 spiro atoms. The van der Waals surface area contributed by atoms with Gasteiger partial charge >= 0.3 is 11.9 Å². The zero-order valence-electron chi connectivity index (χ0n) is 27.1. The van der Waals surface area contributed by atoms with Crippen molar-refractivity contribution in [3.8, 4) is 0 Å². The first-order valence-electron chi connectivity index (χ1n) is 17.4. The van der Waals surface area contributed by atoms with Crippen LogP contribution in [0.5, 0.6) is 0 Å². The van der Waals surface area contributed by atoms with Crippen LogP contribution in [-0.4, -0.2) is 23.1 Å². The maximum atomic E-state index is 12.7. The van der Waals surface area contributed by atoms with Gasteiger partial charge in [-0.1, -0.05) is 46.0 Å². The molecule has 4 heteroatoms. The molecule has 0 aliphatic heterocycles. The Kier molecular flexibility index (Phi) is 10.4. The zero-order valence-corrected chi connectivity index (χ0v) is 27.1. The van der Waals surface area contributed by atoms with E-state index < -0.39 is 0 Å². The van der Waals surface area contributed by atoms with Crippen molar-refractivity contribution in [2.75, 3.05) is 0 Å². The van der Waals surface area contributed by atoms with Crippen molar-refractivity contribution in [3.63, 3.8) is 0 Å². The van der Waals surface area contributed by atoms with E-state index in [2.05, 4.69) is 13.8 Å². The van der Waals surface area contributed by atoms with Crippen molar-refractivity contribution in [3.05, 3.63) is 0 Å². The highest BCUT2D eigenvalue weighted by molar-refractivity contribution is 5.76. The lowest BCUT2D eigenvalue weighted by Gasteiger charge is -2.46. The average Bonchev–Trinajstić information content (AvgIpc) is 3.74. The second-order valence-corrected chi connectivity index (χ2v) is 15.8. The van der Waals surface area contributed by atoms with Gasteiger partial charge < -0.3 is 9.47 Å². The third-order valence-electron chi connectivity index (χ3n) is 12.4. The third kappa shape index (κ3) is 6.94. The molecule has 0 aromatic rings. The number of hydrogen-bond acceptors (Lipinski definition) is 4. The Morgan fingerprint density at radius 2 is 1.10 bits per heavy atom. The quantitative estimate of drug-likeness (QED) is 0.278. The molecule has 3 unspecified atom stereocenters. The van der Waals surface area contributed by atoms with Crippen LogP contribution in [0.4, 0.5) is 0 Å². The summed E-state index contributed by atoms with van der Waals surface area (Å²) in [4.78, 5) is 25.2. The molecule has 0 heterocycles. The summed E-state index contributed by atoms with van der Waals surface area (Å²) in [5.41, 5.74) is -0.884. The maximum absolute atomic E-state index is 12.7. The van der Waals surface area contributed by atoms with Gasteiger partial charge in [-0.2, -0.15) is 0 Å². The first-order chi connectivity index (χ1) is 19.0. The van der Waals surface area contributed by atoms with Crippen molar-refractivity contribution in [2.45, 2.75) is 181 Å². The van der Waals surface area contributed by atoms with Crippen molar-refractivity contribution in [2.24, 2.45) is 34.5 Å². The Morgan fingerprint density at radius 3 is 1.52 bits per heavy atom. The van der Waals surface area contributed by atoms with E-state index in [4.69, 9.17) is 9.47 Å². The van der Waals surface area contributed by atoms with E-state index in [9.17, 15) is 9.59 Å². The van der Waals surface area contributed by atoms with Crippen LogP contribution in [0.1, 0.15) is 170 Å². The largest absolute Gasteiger partial charge is 0.458 e. The van der Waals surface area contributed by atoms with Crippen LogP contribution in [-0.2, 0) is 19.1 Å². The minimum atomic E-state index is -0.331. The average molecular weight is 559 g/mol. The van der Waals surface area contributed by atoms with Gasteiger partial charge in [-0.3, -0.25) is 9.59 Å². The molecule has 5 fully saturated rings. The van der Waals surface area contributed by atoms with Gasteiger partial charge in [-0.25, -0.2) is 0 Å². The van der Waals surface area contributed by atoms with E-state index in [0.717, 1.165) is 50.4 Å². The van der Waals surface area contributed by atoms with Crippen LogP contribution < -0.4 is 0 Å². The van der Waals surface area contributed by atoms with Gasteiger partial charge in [-0.05, 0) is 142 Å². The van der Waals surface area contributed by atoms with Crippen molar-refractivity contribution in [1.29, 1.82) is 0 Å². The highest BCUT2D eigenvalue weighted by Gasteiger charge is 2.53. The Hall–Kier alpha value is -1.06. The molecular weight excluding hydrogens is 496 g/mol. The van der Waals surface area contributed by atoms with E-state index >= 15 is 0 Å². The van der Waals surface area contributed by atoms with E-state index in [0.29, 0.717) is 11.8 Å². The van der Waals surface area contributed by atoms with Gasteiger partial charge in [0.05, 0.1) is 10.8 Å². The molecule has 3 atom stereocenters. The number of esters is 2. The van der Waals surface area contributed by atoms with Crippen LogP contribution in [0.3, 0.4) is 0 Å². The predicted octanol–water partition coefficient (Wildman–Crippen LogP) is 9.96. The molecule has 2 bridgehead atoms. The Morgan fingerprint density at radius 1 is 0.625 bits per heavy atom. The Balaban J connectivity index is 0.000000186. The standard InChI is InChI=1S/C19H32O2.C17H30O2/c1-4-18(2,3)17(20)21-19(10-6-5-7-11-19)16-13-14-8-9-15(16)12-14;1-4-16(2,3)15(18)19-17(12-8-5-9-13-17)14-10-6-7-11-14/h14-16H,4-13H2,1-3H3;14H,4-13H2,1-3H3. The molecule has 40 heavy (non-hydrogen) atoms. The molecule has 5 aliphatic rings. The number of fused-ring (bicyclic) bond motifs is 2. The number of rotatable bonds is 8. The fraction of sp³-hybridized carbons (Fsp3) is 0.944. The SMILES string of the molecule is CCC(C)(C)C(=O)OC1(C2CC3CCC2C3)CCCCC1.CCC(C)(C)C(=O)OC1(C2CCCC2)CCCCC1. The molecule has 0 N–H and O–H groups in total. The fourth-order valence-corrected chi connectivity index (χ4v) is 8.72. The highest BCUT2D eigenvalue weighted by atomic mass is 16.6. The lowest BCUT2D eigenvalue weighted by molar-refractivity contribution is -0.185. The molecule has 0 aromatic carbocycles. The molecule has 5 rings (SSSR count). The van der Waals surface area contributed by atoms with Crippen LogP contribution in [0, 0.1) is 34.5 Å². The zero-order chi connectivity index (χ0) is 29.0. The van der Waals surface area contributed by atoms with E-state index in [1.165, 1.54) is 89.9 Å². The molecule has 0 amide bonds. The van der Waals surface area contributed by atoms with Gasteiger partial charge in [0.15, 0.2) is 0 Å². The van der Waals surface area contributed by atoms with Crippen LogP contribution in [0.2, 0.25) is 0 Å². The van der Waals surface area contributed by atoms with Gasteiger partial charge in [0.25, 0.3) is 0 Å². The summed E-state index contributed by atoms with van der Waals surface area (Å²) in [5, 5.41) is 0. The normalized spacial score (nSPS) is 29.9. The number of ether oxygens (including phenoxy) is 2. The van der Waals surface area contributed by atoms with Gasteiger partial charge in [0, 0.05) is 5.92 Å². The number of hydrogen-bond donors (Lipinski definition) is 0. The summed E-state index contributed by atoms with van der Waals surface area (Å²) in [7, 11) is 0.